The van der Waals surface area contributed by atoms with Crippen molar-refractivity contribution in [3.63, 3.8) is 0 Å². The Morgan fingerprint density at radius 3 is 2.20 bits per heavy atom. The van der Waals surface area contributed by atoms with E-state index in [1.165, 1.54) is 67.3 Å². The summed E-state index contributed by atoms with van der Waals surface area (Å²) in [5, 5.41) is 18.8. The van der Waals surface area contributed by atoms with Gasteiger partial charge in [0.05, 0.1) is 29.2 Å². The van der Waals surface area contributed by atoms with Gasteiger partial charge in [-0.15, -0.1) is 20.5 Å². The fourth-order valence-electron chi connectivity index (χ4n) is 4.58. The Hall–Kier alpha value is -4.22. The number of esters is 1. The summed E-state index contributed by atoms with van der Waals surface area (Å²) in [4.78, 5) is 18.8. The monoisotopic (exact) mass is 658 g/mol. The molecule has 0 aliphatic carbocycles. The maximum atomic E-state index is 11.3. The lowest BCUT2D eigenvalue weighted by molar-refractivity contribution is -0.137. The highest BCUT2D eigenvalue weighted by Gasteiger charge is 2.09. The highest BCUT2D eigenvalue weighted by molar-refractivity contribution is 7.30. The molecule has 242 valence electrons. The van der Waals surface area contributed by atoms with E-state index in [0.29, 0.717) is 30.6 Å². The van der Waals surface area contributed by atoms with Crippen molar-refractivity contribution in [2.45, 2.75) is 58.8 Å². The minimum Gasteiger partial charge on any atom is -0.494 e. The van der Waals surface area contributed by atoms with Crippen LogP contribution in [0.15, 0.2) is 94.3 Å². The lowest BCUT2D eigenvalue weighted by Gasteiger charge is -2.22. The van der Waals surface area contributed by atoms with E-state index >= 15 is 0 Å². The number of fused-ring (bicyclic) bond motifs is 1. The second-order valence-corrected chi connectivity index (χ2v) is 12.6. The van der Waals surface area contributed by atoms with Gasteiger partial charge in [-0.25, -0.2) is 9.78 Å². The van der Waals surface area contributed by atoms with Crippen molar-refractivity contribution < 1.29 is 14.3 Å². The summed E-state index contributed by atoms with van der Waals surface area (Å²) >= 11 is 2.92. The van der Waals surface area contributed by atoms with Crippen molar-refractivity contribution in [2.24, 2.45) is 20.5 Å². The third-order valence-electron chi connectivity index (χ3n) is 7.16. The molecule has 0 spiro atoms. The van der Waals surface area contributed by atoms with Gasteiger partial charge in [0.1, 0.15) is 22.2 Å². The molecule has 2 heterocycles. The van der Waals surface area contributed by atoms with Crippen LogP contribution in [-0.4, -0.2) is 37.3 Å². The molecule has 0 amide bonds. The highest BCUT2D eigenvalue weighted by Crippen LogP contribution is 2.39. The largest absolute Gasteiger partial charge is 0.494 e. The summed E-state index contributed by atoms with van der Waals surface area (Å²) in [7, 11) is 0. The third-order valence-corrected chi connectivity index (χ3v) is 9.09. The molecule has 0 bridgehead atoms. The molecule has 4 rings (SSSR count). The molecule has 0 N–H and O–H groups in total. The molecule has 0 aliphatic rings. The quantitative estimate of drug-likeness (QED) is 0.0309. The Morgan fingerprint density at radius 1 is 0.848 bits per heavy atom. The van der Waals surface area contributed by atoms with Gasteiger partial charge in [0.2, 0.25) is 5.13 Å². The molecule has 0 saturated heterocycles. The summed E-state index contributed by atoms with van der Waals surface area (Å²) in [5.74, 6) is 0.269. The SMILES string of the molecule is C=CC(=O)OCCN(CC)c1ccc(N=Nc2nc3sc(N=Nc4ccc(C(=C)OCCCCCCCCC)cc4)cc3s2)cc1. The Kier molecular flexibility index (Phi) is 14.1. The van der Waals surface area contributed by atoms with E-state index in [4.69, 9.17) is 9.47 Å². The predicted molar refractivity (Wildman–Crippen MR) is 191 cm³/mol. The van der Waals surface area contributed by atoms with E-state index in [1.807, 2.05) is 61.5 Å². The van der Waals surface area contributed by atoms with Crippen LogP contribution in [0.4, 0.5) is 27.2 Å². The van der Waals surface area contributed by atoms with Crippen LogP contribution in [0.3, 0.4) is 0 Å². The number of ether oxygens (including phenoxy) is 2. The van der Waals surface area contributed by atoms with E-state index in [9.17, 15) is 4.79 Å². The van der Waals surface area contributed by atoms with Gasteiger partial charge < -0.3 is 14.4 Å². The maximum Gasteiger partial charge on any atom is 0.330 e. The van der Waals surface area contributed by atoms with Crippen molar-refractivity contribution in [1.29, 1.82) is 0 Å². The number of thiazole rings is 1. The van der Waals surface area contributed by atoms with Gasteiger partial charge in [-0.2, -0.15) is 0 Å². The fraction of sp³-hybridized carbons (Fsp3) is 0.371. The van der Waals surface area contributed by atoms with Crippen LogP contribution >= 0.6 is 22.7 Å². The number of thiophene rings is 1. The van der Waals surface area contributed by atoms with Gasteiger partial charge in [0.25, 0.3) is 0 Å². The first-order valence-electron chi connectivity index (χ1n) is 15.8. The molecule has 0 fully saturated rings. The lowest BCUT2D eigenvalue weighted by atomic mass is 10.1. The number of nitrogens with zero attached hydrogens (tertiary/aromatic N) is 6. The van der Waals surface area contributed by atoms with Crippen molar-refractivity contribution in [1.82, 2.24) is 4.98 Å². The van der Waals surface area contributed by atoms with Crippen LogP contribution < -0.4 is 4.90 Å². The number of aromatic nitrogens is 1. The van der Waals surface area contributed by atoms with Gasteiger partial charge >= 0.3 is 5.97 Å². The Labute approximate surface area is 279 Å². The summed E-state index contributed by atoms with van der Waals surface area (Å²) in [5.41, 5.74) is 3.44. The lowest BCUT2D eigenvalue weighted by Crippen LogP contribution is -2.27. The topological polar surface area (TPSA) is 101 Å². The molecular formula is C35H42N6O3S2. The van der Waals surface area contributed by atoms with Crippen molar-refractivity contribution in [2.75, 3.05) is 31.2 Å². The molecule has 0 unspecified atom stereocenters. The molecule has 2 aromatic carbocycles. The van der Waals surface area contributed by atoms with Crippen LogP contribution in [0, 0.1) is 0 Å². The van der Waals surface area contributed by atoms with Crippen LogP contribution in [0.5, 0.6) is 0 Å². The van der Waals surface area contributed by atoms with Gasteiger partial charge in [-0.05, 0) is 67.9 Å². The van der Waals surface area contributed by atoms with Crippen molar-refractivity contribution in [3.05, 3.63) is 79.4 Å². The second kappa shape index (κ2) is 18.7. The Morgan fingerprint density at radius 2 is 1.52 bits per heavy atom. The van der Waals surface area contributed by atoms with E-state index < -0.39 is 5.97 Å². The van der Waals surface area contributed by atoms with Crippen LogP contribution in [0.25, 0.3) is 15.3 Å². The normalized spacial score (nSPS) is 11.4. The summed E-state index contributed by atoms with van der Waals surface area (Å²) in [6.07, 6.45) is 9.96. The maximum absolute atomic E-state index is 11.3. The fourth-order valence-corrected chi connectivity index (χ4v) is 6.43. The molecule has 0 radical (unpaired) electrons. The molecule has 0 saturated carbocycles. The summed E-state index contributed by atoms with van der Waals surface area (Å²) in [6.45, 7) is 14.1. The number of carbonyl (C=O) groups is 1. The number of hydrogen-bond acceptors (Lipinski definition) is 11. The first-order valence-corrected chi connectivity index (χ1v) is 17.4. The number of unbranched alkanes of at least 4 members (excludes halogenated alkanes) is 6. The smallest absolute Gasteiger partial charge is 0.330 e. The van der Waals surface area contributed by atoms with Gasteiger partial charge in [-0.3, -0.25) is 0 Å². The number of hydrogen-bond donors (Lipinski definition) is 0. The Balaban J connectivity index is 1.24. The first-order chi connectivity index (χ1) is 22.5. The molecule has 0 aliphatic heterocycles. The molecular weight excluding hydrogens is 617 g/mol. The summed E-state index contributed by atoms with van der Waals surface area (Å²) in [6, 6.07) is 17.5. The zero-order valence-corrected chi connectivity index (χ0v) is 28.3. The average Bonchev–Trinajstić information content (AvgIpc) is 3.65. The summed E-state index contributed by atoms with van der Waals surface area (Å²) < 4.78 is 11.9. The third kappa shape index (κ3) is 11.0. The predicted octanol–water partition coefficient (Wildman–Crippen LogP) is 11.5. The number of carbonyl (C=O) groups excluding carboxylic acids is 1. The second-order valence-electron chi connectivity index (χ2n) is 10.6. The number of anilines is 1. The minimum absolute atomic E-state index is 0.295. The molecule has 4 aromatic rings. The van der Waals surface area contributed by atoms with Crippen LogP contribution in [0.2, 0.25) is 0 Å². The number of benzene rings is 2. The zero-order chi connectivity index (χ0) is 32.6. The van der Waals surface area contributed by atoms with Gasteiger partial charge in [0, 0.05) is 23.9 Å². The van der Waals surface area contributed by atoms with E-state index in [2.05, 4.69) is 50.4 Å². The van der Waals surface area contributed by atoms with E-state index in [0.717, 1.165) is 50.1 Å². The van der Waals surface area contributed by atoms with E-state index in [-0.39, 0.29) is 0 Å². The number of rotatable bonds is 20. The standard InChI is InChI=1S/C35H42N6O3S2/c1-5-8-9-10-11-12-13-23-43-26(4)27-14-16-28(17-15-27)37-39-32-25-31-34(46-32)36-35(45-31)40-38-29-18-20-30(21-19-29)41(7-3)22-24-44-33(42)6-2/h6,14-21,25H,2,4-5,7-13,22-24H2,1,3H3. The van der Waals surface area contributed by atoms with Crippen LogP contribution in [0.1, 0.15) is 64.4 Å². The molecule has 2 aromatic heterocycles. The zero-order valence-electron chi connectivity index (χ0n) is 26.7. The van der Waals surface area contributed by atoms with E-state index in [1.54, 1.807) is 0 Å². The highest BCUT2D eigenvalue weighted by atomic mass is 32.1. The van der Waals surface area contributed by atoms with Gasteiger partial charge in [0.15, 0.2) is 0 Å². The molecule has 46 heavy (non-hydrogen) atoms. The molecule has 9 nitrogen and oxygen atoms in total. The molecule has 0 atom stereocenters. The number of likely N-dealkylation sites (N-methyl/N-ethyl adjacent to an activating group) is 1. The molecule has 11 heteroatoms. The minimum atomic E-state index is -0.419. The van der Waals surface area contributed by atoms with Gasteiger partial charge in [-0.1, -0.05) is 81.3 Å². The van der Waals surface area contributed by atoms with Crippen molar-refractivity contribution in [3.8, 4) is 0 Å². The Bertz CT molecular complexity index is 1580. The first kappa shape index (κ1) is 34.6. The average molecular weight is 659 g/mol. The van der Waals surface area contributed by atoms with Crippen molar-refractivity contribution >= 4 is 71.1 Å². The number of azo groups is 2. The van der Waals surface area contributed by atoms with Crippen LogP contribution in [-0.2, 0) is 14.3 Å².